The van der Waals surface area contributed by atoms with Gasteiger partial charge in [0.05, 0.1) is 20.8 Å². The number of rotatable bonds is 2. The highest BCUT2D eigenvalue weighted by Gasteiger charge is 2.61. The molecule has 3 rings (SSSR count). The monoisotopic (exact) mass is 413 g/mol. The number of nitrogens with zero attached hydrogens (tertiary/aromatic N) is 1. The van der Waals surface area contributed by atoms with Crippen LogP contribution in [0.3, 0.4) is 0 Å². The lowest BCUT2D eigenvalue weighted by molar-refractivity contribution is -0.249. The van der Waals surface area contributed by atoms with E-state index in [2.05, 4.69) is 4.99 Å². The number of alkyl halides is 5. The average Bonchev–Trinajstić information content (AvgIpc) is 2.91. The zero-order valence-electron chi connectivity index (χ0n) is 12.1. The van der Waals surface area contributed by atoms with Crippen molar-refractivity contribution in [3.05, 3.63) is 51.0 Å². The van der Waals surface area contributed by atoms with Crippen molar-refractivity contribution in [2.24, 2.45) is 4.99 Å². The fourth-order valence-corrected chi connectivity index (χ4v) is 3.14. The second kappa shape index (κ2) is 6.11. The molecule has 132 valence electrons. The molecule has 0 fully saturated rings. The first-order valence-electron chi connectivity index (χ1n) is 6.81. The number of hydrogen-bond acceptors (Lipinski definition) is 1. The first kappa shape index (κ1) is 18.4. The predicted octanol–water partition coefficient (Wildman–Crippen LogP) is 7.14. The maximum absolute atomic E-state index is 13.5. The van der Waals surface area contributed by atoms with Gasteiger partial charge in [-0.05, 0) is 23.8 Å². The van der Waals surface area contributed by atoms with E-state index in [1.54, 1.807) is 18.2 Å². The van der Waals surface area contributed by atoms with Gasteiger partial charge in [0.15, 0.2) is 0 Å². The Morgan fingerprint density at radius 3 is 2.20 bits per heavy atom. The predicted molar refractivity (Wildman–Crippen MR) is 88.7 cm³/mol. The van der Waals surface area contributed by atoms with Crippen LogP contribution in [0.4, 0.5) is 27.6 Å². The van der Waals surface area contributed by atoms with E-state index in [1.807, 2.05) is 0 Å². The maximum atomic E-state index is 13.5. The molecule has 0 saturated carbocycles. The van der Waals surface area contributed by atoms with Crippen LogP contribution in [0.5, 0.6) is 0 Å². The molecule has 0 bridgehead atoms. The van der Waals surface area contributed by atoms with Crippen LogP contribution >= 0.6 is 34.8 Å². The third-order valence-corrected chi connectivity index (χ3v) is 4.87. The van der Waals surface area contributed by atoms with Crippen LogP contribution in [0.15, 0.2) is 35.3 Å². The highest BCUT2D eigenvalue weighted by atomic mass is 35.5. The number of fused-ring (bicyclic) bond motifs is 1. The smallest absolute Gasteiger partial charge is 0.250 e. The summed E-state index contributed by atoms with van der Waals surface area (Å²) < 4.78 is 64.6. The van der Waals surface area contributed by atoms with Crippen molar-refractivity contribution < 1.29 is 22.0 Å². The summed E-state index contributed by atoms with van der Waals surface area (Å²) in [6.45, 7) is 0. The third kappa shape index (κ3) is 3.11. The molecule has 0 amide bonds. The van der Waals surface area contributed by atoms with Gasteiger partial charge in [-0.25, -0.2) is 0 Å². The SMILES string of the molecule is FC(F)(F)C(F)(F)C1=Nc2cc(Cl)c(-c3cccc(Cl)c3Cl)cc2C1. The van der Waals surface area contributed by atoms with E-state index in [4.69, 9.17) is 34.8 Å². The molecule has 9 heteroatoms. The summed E-state index contributed by atoms with van der Waals surface area (Å²) in [7, 11) is 0. The van der Waals surface area contributed by atoms with Crippen LogP contribution < -0.4 is 0 Å². The molecule has 0 spiro atoms. The summed E-state index contributed by atoms with van der Waals surface area (Å²) in [6.07, 6.45) is -6.35. The van der Waals surface area contributed by atoms with Crippen LogP contribution in [0.25, 0.3) is 11.1 Å². The fraction of sp³-hybridized carbons (Fsp3) is 0.188. The van der Waals surface area contributed by atoms with E-state index in [0.717, 1.165) is 0 Å². The molecule has 2 aromatic carbocycles. The Kier molecular flexibility index (Phi) is 4.50. The van der Waals surface area contributed by atoms with Gasteiger partial charge in [-0.3, -0.25) is 4.99 Å². The zero-order chi connectivity index (χ0) is 18.6. The first-order chi connectivity index (χ1) is 11.5. The van der Waals surface area contributed by atoms with Gasteiger partial charge in [0.2, 0.25) is 0 Å². The molecule has 1 aliphatic heterocycles. The van der Waals surface area contributed by atoms with Crippen molar-refractivity contribution in [1.29, 1.82) is 0 Å². The van der Waals surface area contributed by atoms with Crippen molar-refractivity contribution >= 4 is 46.2 Å². The minimum absolute atomic E-state index is 0.0224. The minimum atomic E-state index is -5.71. The topological polar surface area (TPSA) is 12.4 Å². The average molecular weight is 415 g/mol. The number of benzene rings is 2. The molecule has 0 aliphatic carbocycles. The van der Waals surface area contributed by atoms with E-state index in [-0.39, 0.29) is 26.3 Å². The molecule has 0 aromatic heterocycles. The molecule has 0 N–H and O–H groups in total. The Morgan fingerprint density at radius 2 is 1.56 bits per heavy atom. The quantitative estimate of drug-likeness (QED) is 0.463. The fourth-order valence-electron chi connectivity index (χ4n) is 2.48. The van der Waals surface area contributed by atoms with Gasteiger partial charge >= 0.3 is 12.1 Å². The van der Waals surface area contributed by atoms with E-state index >= 15 is 0 Å². The summed E-state index contributed by atoms with van der Waals surface area (Å²) in [4.78, 5) is 3.43. The normalized spacial score (nSPS) is 14.5. The molecular formula is C16H7Cl3F5N. The Labute approximate surface area is 154 Å². The van der Waals surface area contributed by atoms with Crippen LogP contribution in [0.1, 0.15) is 5.56 Å². The number of aliphatic imine (C=N–C) groups is 1. The largest absolute Gasteiger partial charge is 0.459 e. The number of halogens is 8. The third-order valence-electron chi connectivity index (χ3n) is 3.74. The van der Waals surface area contributed by atoms with Crippen molar-refractivity contribution in [2.45, 2.75) is 18.5 Å². The lowest BCUT2D eigenvalue weighted by atomic mass is 9.99. The highest BCUT2D eigenvalue weighted by molar-refractivity contribution is 6.44. The van der Waals surface area contributed by atoms with Gasteiger partial charge in [0.25, 0.3) is 0 Å². The Morgan fingerprint density at radius 1 is 0.880 bits per heavy atom. The first-order valence-corrected chi connectivity index (χ1v) is 7.95. The van der Waals surface area contributed by atoms with Crippen LogP contribution in [0, 0.1) is 0 Å². The van der Waals surface area contributed by atoms with Gasteiger partial charge in [-0.2, -0.15) is 22.0 Å². The molecular weight excluding hydrogens is 408 g/mol. The maximum Gasteiger partial charge on any atom is 0.459 e. The summed E-state index contributed by atoms with van der Waals surface area (Å²) >= 11 is 18.2. The van der Waals surface area contributed by atoms with Crippen molar-refractivity contribution in [3.8, 4) is 11.1 Å². The van der Waals surface area contributed by atoms with E-state index in [9.17, 15) is 22.0 Å². The van der Waals surface area contributed by atoms with Gasteiger partial charge in [0, 0.05) is 17.5 Å². The Bertz CT molecular complexity index is 890. The van der Waals surface area contributed by atoms with E-state index in [1.165, 1.54) is 12.1 Å². The molecule has 0 radical (unpaired) electrons. The standard InChI is InChI=1S/C16H7Cl3F5N/c17-10-3-1-2-8(14(10)19)9-4-7-5-13(15(20,21)16(22,23)24)25-12(7)6-11(9)18/h1-4,6H,5H2. The van der Waals surface area contributed by atoms with E-state index in [0.29, 0.717) is 11.1 Å². The molecule has 25 heavy (non-hydrogen) atoms. The number of hydrogen-bond donors (Lipinski definition) is 0. The lowest BCUT2D eigenvalue weighted by Gasteiger charge is -2.19. The zero-order valence-corrected chi connectivity index (χ0v) is 14.3. The molecule has 0 atom stereocenters. The van der Waals surface area contributed by atoms with Crippen LogP contribution in [-0.2, 0) is 6.42 Å². The summed E-state index contributed by atoms with van der Waals surface area (Å²) in [6, 6.07) is 7.43. The molecule has 1 aliphatic rings. The van der Waals surface area contributed by atoms with Crippen molar-refractivity contribution in [1.82, 2.24) is 0 Å². The van der Waals surface area contributed by atoms with Gasteiger partial charge in [0.1, 0.15) is 5.71 Å². The van der Waals surface area contributed by atoms with Gasteiger partial charge in [-0.15, -0.1) is 0 Å². The summed E-state index contributed by atoms with van der Waals surface area (Å²) in [5.41, 5.74) is -0.265. The second-order valence-corrected chi connectivity index (χ2v) is 6.56. The second-order valence-electron chi connectivity index (χ2n) is 5.37. The molecule has 1 heterocycles. The molecule has 0 unspecified atom stereocenters. The molecule has 1 nitrogen and oxygen atoms in total. The molecule has 2 aromatic rings. The Balaban J connectivity index is 2.05. The van der Waals surface area contributed by atoms with Gasteiger partial charge < -0.3 is 0 Å². The lowest BCUT2D eigenvalue weighted by Crippen LogP contribution is -2.44. The Hall–Kier alpha value is -1.37. The van der Waals surface area contributed by atoms with Crippen LogP contribution in [-0.4, -0.2) is 17.8 Å². The molecule has 0 saturated heterocycles. The van der Waals surface area contributed by atoms with Crippen LogP contribution in [0.2, 0.25) is 15.1 Å². The van der Waals surface area contributed by atoms with E-state index < -0.39 is 24.2 Å². The highest BCUT2D eigenvalue weighted by Crippen LogP contribution is 2.45. The van der Waals surface area contributed by atoms with Crippen molar-refractivity contribution in [3.63, 3.8) is 0 Å². The van der Waals surface area contributed by atoms with Crippen molar-refractivity contribution in [2.75, 3.05) is 0 Å². The summed E-state index contributed by atoms with van der Waals surface area (Å²) in [5, 5.41) is 0.574. The summed E-state index contributed by atoms with van der Waals surface area (Å²) in [5.74, 6) is -5.01. The minimum Gasteiger partial charge on any atom is -0.250 e. The van der Waals surface area contributed by atoms with Gasteiger partial charge in [-0.1, -0.05) is 46.9 Å².